The van der Waals surface area contributed by atoms with Gasteiger partial charge >= 0.3 is 0 Å². The van der Waals surface area contributed by atoms with Gasteiger partial charge < -0.3 is 15.0 Å². The van der Waals surface area contributed by atoms with Gasteiger partial charge in [0.15, 0.2) is 10.6 Å². The van der Waals surface area contributed by atoms with E-state index in [0.29, 0.717) is 36.0 Å². The maximum Gasteiger partial charge on any atom is 0.294 e. The molecule has 0 bridgehead atoms. The minimum Gasteiger partial charge on any atom is -0.378 e. The number of aromatic nitrogens is 3. The molecule has 1 aliphatic rings. The molecule has 0 radical (unpaired) electrons. The molecule has 180 valence electrons. The summed E-state index contributed by atoms with van der Waals surface area (Å²) in [5, 5.41) is 8.26. The number of thiazole rings is 1. The topological polar surface area (TPSA) is 89.3 Å². The predicted molar refractivity (Wildman–Crippen MR) is 139 cm³/mol. The van der Waals surface area contributed by atoms with Crippen molar-refractivity contribution < 1.29 is 9.53 Å². The molecule has 1 saturated heterocycles. The van der Waals surface area contributed by atoms with E-state index in [9.17, 15) is 9.59 Å². The van der Waals surface area contributed by atoms with E-state index in [4.69, 9.17) is 4.74 Å². The van der Waals surface area contributed by atoms with Crippen molar-refractivity contribution in [2.24, 2.45) is 0 Å². The zero-order valence-corrected chi connectivity index (χ0v) is 20.5. The number of amides is 1. The number of nitrogens with one attached hydrogen (secondary N) is 1. The van der Waals surface area contributed by atoms with Crippen LogP contribution in [0.25, 0.3) is 21.5 Å². The van der Waals surface area contributed by atoms with E-state index >= 15 is 0 Å². The molecule has 1 amide bonds. The fourth-order valence-corrected chi connectivity index (χ4v) is 5.13. The highest BCUT2D eigenvalue weighted by Crippen LogP contribution is 2.34. The van der Waals surface area contributed by atoms with Crippen molar-refractivity contribution in [1.29, 1.82) is 0 Å². The average Bonchev–Trinajstić information content (AvgIpc) is 3.33. The Kier molecular flexibility index (Phi) is 6.61. The summed E-state index contributed by atoms with van der Waals surface area (Å²) in [7, 11) is 0. The van der Waals surface area contributed by atoms with Gasteiger partial charge in [0.05, 0.1) is 17.9 Å². The lowest BCUT2D eigenvalue weighted by molar-refractivity contribution is -0.117. The Hall–Kier alpha value is -3.56. The molecular weight excluding hydrogens is 462 g/mol. The molecule has 5 rings (SSSR count). The van der Waals surface area contributed by atoms with E-state index in [-0.39, 0.29) is 18.0 Å². The third-order valence-corrected chi connectivity index (χ3v) is 7.09. The molecule has 9 heteroatoms. The van der Waals surface area contributed by atoms with E-state index in [1.807, 2.05) is 54.6 Å². The fraction of sp³-hybridized carbons (Fsp3) is 0.308. The van der Waals surface area contributed by atoms with Gasteiger partial charge in [0.2, 0.25) is 5.91 Å². The van der Waals surface area contributed by atoms with Gasteiger partial charge in [0.25, 0.3) is 5.56 Å². The number of anilines is 2. The average molecular weight is 490 g/mol. The number of morpholine rings is 1. The SMILES string of the molecule is CC(C)c1ccc(NC(=O)Cn2nc(-c3ccccc3)c3sc(N4CCOCC4)nc3c2=O)cc1. The van der Waals surface area contributed by atoms with Crippen LogP contribution < -0.4 is 15.8 Å². The first kappa shape index (κ1) is 23.2. The van der Waals surface area contributed by atoms with Crippen molar-refractivity contribution in [3.8, 4) is 11.3 Å². The minimum absolute atomic E-state index is 0.203. The Bertz CT molecular complexity index is 1390. The molecule has 0 atom stereocenters. The Morgan fingerprint density at radius 1 is 1.09 bits per heavy atom. The molecular formula is C26H27N5O3S. The van der Waals surface area contributed by atoms with Crippen molar-refractivity contribution >= 4 is 38.3 Å². The Balaban J connectivity index is 1.49. The fourth-order valence-electron chi connectivity index (χ4n) is 4.02. The van der Waals surface area contributed by atoms with Crippen LogP contribution in [0.2, 0.25) is 0 Å². The molecule has 0 aliphatic carbocycles. The standard InChI is InChI=1S/C26H27N5O3S/c1-17(2)18-8-10-20(11-9-18)27-21(32)16-31-25(33)23-24(22(29-31)19-6-4-3-5-7-19)35-26(28-23)30-12-14-34-15-13-30/h3-11,17H,12-16H2,1-2H3,(H,27,32). The van der Waals surface area contributed by atoms with Crippen molar-refractivity contribution in [2.75, 3.05) is 36.5 Å². The lowest BCUT2D eigenvalue weighted by atomic mass is 10.0. The first-order chi connectivity index (χ1) is 17.0. The van der Waals surface area contributed by atoms with Crippen LogP contribution in [0.15, 0.2) is 59.4 Å². The number of fused-ring (bicyclic) bond motifs is 1. The van der Waals surface area contributed by atoms with Gasteiger partial charge in [0, 0.05) is 24.3 Å². The molecule has 1 fully saturated rings. The van der Waals surface area contributed by atoms with E-state index in [1.165, 1.54) is 21.6 Å². The molecule has 1 aliphatic heterocycles. The lowest BCUT2D eigenvalue weighted by Gasteiger charge is -2.25. The highest BCUT2D eigenvalue weighted by molar-refractivity contribution is 7.22. The second-order valence-electron chi connectivity index (χ2n) is 8.78. The van der Waals surface area contributed by atoms with Crippen LogP contribution >= 0.6 is 11.3 Å². The molecule has 4 aromatic rings. The Morgan fingerprint density at radius 3 is 2.49 bits per heavy atom. The normalized spacial score (nSPS) is 14.0. The summed E-state index contributed by atoms with van der Waals surface area (Å²) in [5.74, 6) is 0.0880. The van der Waals surface area contributed by atoms with Crippen LogP contribution in [0.4, 0.5) is 10.8 Å². The summed E-state index contributed by atoms with van der Waals surface area (Å²) in [6.45, 7) is 6.74. The molecule has 3 heterocycles. The quantitative estimate of drug-likeness (QED) is 0.438. The number of benzene rings is 2. The van der Waals surface area contributed by atoms with Crippen molar-refractivity contribution in [3.63, 3.8) is 0 Å². The van der Waals surface area contributed by atoms with Gasteiger partial charge in [-0.15, -0.1) is 0 Å². The van der Waals surface area contributed by atoms with Crippen molar-refractivity contribution in [3.05, 3.63) is 70.5 Å². The zero-order chi connectivity index (χ0) is 24.4. The number of carbonyl (C=O) groups is 1. The second kappa shape index (κ2) is 9.97. The predicted octanol–water partition coefficient (Wildman–Crippen LogP) is 4.12. The highest BCUT2D eigenvalue weighted by atomic mass is 32.1. The molecule has 2 aromatic heterocycles. The highest BCUT2D eigenvalue weighted by Gasteiger charge is 2.22. The first-order valence-corrected chi connectivity index (χ1v) is 12.5. The first-order valence-electron chi connectivity index (χ1n) is 11.7. The van der Waals surface area contributed by atoms with Crippen LogP contribution in [-0.2, 0) is 16.1 Å². The number of carbonyl (C=O) groups excluding carboxylic acids is 1. The van der Waals surface area contributed by atoms with Gasteiger partial charge in [-0.2, -0.15) is 5.10 Å². The Morgan fingerprint density at radius 2 is 1.80 bits per heavy atom. The summed E-state index contributed by atoms with van der Waals surface area (Å²) in [5.41, 5.74) is 3.35. The second-order valence-corrected chi connectivity index (χ2v) is 9.75. The maximum absolute atomic E-state index is 13.3. The van der Waals surface area contributed by atoms with E-state index in [1.54, 1.807) is 0 Å². The summed E-state index contributed by atoms with van der Waals surface area (Å²) in [6.07, 6.45) is 0. The minimum atomic E-state index is -0.374. The molecule has 1 N–H and O–H groups in total. The van der Waals surface area contributed by atoms with Crippen LogP contribution in [0.3, 0.4) is 0 Å². The molecule has 0 unspecified atom stereocenters. The van der Waals surface area contributed by atoms with Gasteiger partial charge in [-0.05, 0) is 23.6 Å². The number of hydrogen-bond donors (Lipinski definition) is 1. The van der Waals surface area contributed by atoms with Gasteiger partial charge in [-0.1, -0.05) is 67.6 Å². The van der Waals surface area contributed by atoms with Crippen LogP contribution in [0, 0.1) is 0 Å². The molecule has 2 aromatic carbocycles. The summed E-state index contributed by atoms with van der Waals surface area (Å²) < 4.78 is 7.39. The third-order valence-electron chi connectivity index (χ3n) is 5.97. The zero-order valence-electron chi connectivity index (χ0n) is 19.7. The van der Waals surface area contributed by atoms with Gasteiger partial charge in [-0.25, -0.2) is 9.67 Å². The number of rotatable bonds is 6. The molecule has 0 saturated carbocycles. The van der Waals surface area contributed by atoms with Crippen LogP contribution in [-0.4, -0.2) is 47.0 Å². The van der Waals surface area contributed by atoms with Gasteiger partial charge in [-0.3, -0.25) is 9.59 Å². The Labute approximate surface area is 207 Å². The van der Waals surface area contributed by atoms with Crippen molar-refractivity contribution in [2.45, 2.75) is 26.3 Å². The monoisotopic (exact) mass is 489 g/mol. The van der Waals surface area contributed by atoms with E-state index in [0.717, 1.165) is 28.5 Å². The van der Waals surface area contributed by atoms with Crippen molar-refractivity contribution in [1.82, 2.24) is 14.8 Å². The number of ether oxygens (including phenoxy) is 1. The largest absolute Gasteiger partial charge is 0.378 e. The summed E-state index contributed by atoms with van der Waals surface area (Å²) >= 11 is 1.46. The van der Waals surface area contributed by atoms with E-state index in [2.05, 4.69) is 34.1 Å². The number of hydrogen-bond acceptors (Lipinski definition) is 7. The smallest absolute Gasteiger partial charge is 0.294 e. The molecule has 0 spiro atoms. The van der Waals surface area contributed by atoms with Crippen LogP contribution in [0.1, 0.15) is 25.3 Å². The van der Waals surface area contributed by atoms with E-state index < -0.39 is 0 Å². The third kappa shape index (κ3) is 4.96. The number of nitrogens with zero attached hydrogens (tertiary/aromatic N) is 4. The molecule has 35 heavy (non-hydrogen) atoms. The lowest BCUT2D eigenvalue weighted by Crippen LogP contribution is -2.36. The van der Waals surface area contributed by atoms with Gasteiger partial charge in [0.1, 0.15) is 12.2 Å². The summed E-state index contributed by atoms with van der Waals surface area (Å²) in [4.78, 5) is 33.0. The van der Waals surface area contributed by atoms with Crippen LogP contribution in [0.5, 0.6) is 0 Å². The molecule has 8 nitrogen and oxygen atoms in total. The summed E-state index contributed by atoms with van der Waals surface area (Å²) in [6, 6.07) is 17.4. The maximum atomic E-state index is 13.3.